The SMILES string of the molecule is CCNC(=NCc1nccn1CC(C)C)NCC(c1ccc(F)cc1)N1CCOCC1. The summed E-state index contributed by atoms with van der Waals surface area (Å²) in [7, 11) is 0. The van der Waals surface area contributed by atoms with Gasteiger partial charge in [0.2, 0.25) is 0 Å². The summed E-state index contributed by atoms with van der Waals surface area (Å²) in [6.07, 6.45) is 3.84. The molecule has 170 valence electrons. The van der Waals surface area contributed by atoms with Gasteiger partial charge < -0.3 is 19.9 Å². The molecule has 1 atom stereocenters. The number of ether oxygens (including phenoxy) is 1. The summed E-state index contributed by atoms with van der Waals surface area (Å²) in [6, 6.07) is 6.89. The lowest BCUT2D eigenvalue weighted by Crippen LogP contribution is -2.46. The lowest BCUT2D eigenvalue weighted by atomic mass is 10.0. The summed E-state index contributed by atoms with van der Waals surface area (Å²) in [5, 5.41) is 6.80. The first-order valence-corrected chi connectivity index (χ1v) is 11.2. The van der Waals surface area contributed by atoms with Crippen molar-refractivity contribution in [1.29, 1.82) is 0 Å². The maximum Gasteiger partial charge on any atom is 0.191 e. The molecule has 1 aromatic heterocycles. The second-order valence-corrected chi connectivity index (χ2v) is 8.18. The number of morpholine rings is 1. The van der Waals surface area contributed by atoms with Crippen LogP contribution in [0.1, 0.15) is 38.2 Å². The van der Waals surface area contributed by atoms with Gasteiger partial charge in [0.05, 0.1) is 19.3 Å². The minimum atomic E-state index is -0.218. The fraction of sp³-hybridized carbons (Fsp3) is 0.565. The minimum Gasteiger partial charge on any atom is -0.379 e. The standard InChI is InChI=1S/C23H35FN6O/c1-4-25-23(28-16-22-26-9-10-30(22)17-18(2)3)27-15-21(29-11-13-31-14-12-29)19-5-7-20(24)8-6-19/h5-10,18,21H,4,11-17H2,1-3H3,(H2,25,27,28). The van der Waals surface area contributed by atoms with Crippen LogP contribution in [0, 0.1) is 11.7 Å². The molecule has 0 spiro atoms. The molecule has 0 bridgehead atoms. The first-order chi connectivity index (χ1) is 15.1. The molecule has 1 aliphatic rings. The van der Waals surface area contributed by atoms with E-state index < -0.39 is 0 Å². The van der Waals surface area contributed by atoms with Crippen molar-refractivity contribution < 1.29 is 9.13 Å². The molecule has 0 amide bonds. The first-order valence-electron chi connectivity index (χ1n) is 11.2. The Kier molecular flexibility index (Phi) is 8.85. The zero-order valence-electron chi connectivity index (χ0n) is 18.9. The van der Waals surface area contributed by atoms with Gasteiger partial charge in [-0.3, -0.25) is 4.90 Å². The van der Waals surface area contributed by atoms with Gasteiger partial charge in [-0.1, -0.05) is 26.0 Å². The van der Waals surface area contributed by atoms with Crippen LogP contribution in [0.25, 0.3) is 0 Å². The fourth-order valence-electron chi connectivity index (χ4n) is 3.77. The van der Waals surface area contributed by atoms with Crippen LogP contribution in [0.15, 0.2) is 41.7 Å². The van der Waals surface area contributed by atoms with Gasteiger partial charge in [-0.15, -0.1) is 0 Å². The largest absolute Gasteiger partial charge is 0.379 e. The summed E-state index contributed by atoms with van der Waals surface area (Å²) < 4.78 is 21.1. The van der Waals surface area contributed by atoms with E-state index in [1.807, 2.05) is 24.5 Å². The fourth-order valence-corrected chi connectivity index (χ4v) is 3.77. The van der Waals surface area contributed by atoms with E-state index in [2.05, 4.69) is 45.9 Å². The number of hydrogen-bond donors (Lipinski definition) is 2. The van der Waals surface area contributed by atoms with Crippen LogP contribution >= 0.6 is 0 Å². The number of hydrogen-bond acceptors (Lipinski definition) is 4. The Balaban J connectivity index is 1.70. The van der Waals surface area contributed by atoms with Crippen LogP contribution in [-0.2, 0) is 17.8 Å². The highest BCUT2D eigenvalue weighted by Gasteiger charge is 2.23. The third-order valence-corrected chi connectivity index (χ3v) is 5.29. The highest BCUT2D eigenvalue weighted by Crippen LogP contribution is 2.21. The van der Waals surface area contributed by atoms with Crippen molar-refractivity contribution in [2.75, 3.05) is 39.4 Å². The normalized spacial score (nSPS) is 16.5. The monoisotopic (exact) mass is 430 g/mol. The number of halogens is 1. The van der Waals surface area contributed by atoms with Crippen molar-refractivity contribution in [2.45, 2.75) is 39.9 Å². The van der Waals surface area contributed by atoms with Crippen molar-refractivity contribution in [3.63, 3.8) is 0 Å². The van der Waals surface area contributed by atoms with Crippen molar-refractivity contribution in [3.05, 3.63) is 53.9 Å². The molecule has 2 aromatic rings. The summed E-state index contributed by atoms with van der Waals surface area (Å²) in [6.45, 7) is 12.4. The maximum atomic E-state index is 13.5. The van der Waals surface area contributed by atoms with Gasteiger partial charge in [-0.2, -0.15) is 0 Å². The Hall–Kier alpha value is -2.45. The van der Waals surface area contributed by atoms with Gasteiger partial charge in [0, 0.05) is 45.1 Å². The lowest BCUT2D eigenvalue weighted by molar-refractivity contribution is 0.0170. The zero-order valence-corrected chi connectivity index (χ0v) is 18.9. The molecule has 0 saturated carbocycles. The average Bonchev–Trinajstić information content (AvgIpc) is 3.20. The number of benzene rings is 1. The number of imidazole rings is 1. The third kappa shape index (κ3) is 7.04. The molecule has 1 fully saturated rings. The molecule has 1 unspecified atom stereocenters. The molecule has 0 aliphatic carbocycles. The molecule has 0 radical (unpaired) electrons. The highest BCUT2D eigenvalue weighted by molar-refractivity contribution is 5.79. The Morgan fingerprint density at radius 3 is 2.61 bits per heavy atom. The molecule has 1 saturated heterocycles. The van der Waals surface area contributed by atoms with E-state index in [1.165, 1.54) is 12.1 Å². The second kappa shape index (κ2) is 11.8. The first kappa shape index (κ1) is 23.2. The van der Waals surface area contributed by atoms with Crippen molar-refractivity contribution in [2.24, 2.45) is 10.9 Å². The van der Waals surface area contributed by atoms with Crippen LogP contribution in [0.5, 0.6) is 0 Å². The number of nitrogens with zero attached hydrogens (tertiary/aromatic N) is 4. The highest BCUT2D eigenvalue weighted by atomic mass is 19.1. The van der Waals surface area contributed by atoms with E-state index in [0.29, 0.717) is 32.2 Å². The van der Waals surface area contributed by atoms with Crippen LogP contribution in [0.3, 0.4) is 0 Å². The van der Waals surface area contributed by atoms with E-state index in [-0.39, 0.29) is 11.9 Å². The predicted molar refractivity (Wildman–Crippen MR) is 121 cm³/mol. The molecule has 2 heterocycles. The van der Waals surface area contributed by atoms with E-state index in [0.717, 1.165) is 43.5 Å². The Bertz CT molecular complexity index is 814. The van der Waals surface area contributed by atoms with Gasteiger partial charge in [-0.05, 0) is 30.5 Å². The Morgan fingerprint density at radius 2 is 1.94 bits per heavy atom. The van der Waals surface area contributed by atoms with E-state index in [4.69, 9.17) is 9.73 Å². The zero-order chi connectivity index (χ0) is 22.1. The molecular weight excluding hydrogens is 395 g/mol. The van der Waals surface area contributed by atoms with Crippen molar-refractivity contribution in [3.8, 4) is 0 Å². The smallest absolute Gasteiger partial charge is 0.191 e. The molecular formula is C23H35FN6O. The molecule has 7 nitrogen and oxygen atoms in total. The second-order valence-electron chi connectivity index (χ2n) is 8.18. The van der Waals surface area contributed by atoms with Gasteiger partial charge in [-0.25, -0.2) is 14.4 Å². The molecule has 1 aliphatic heterocycles. The molecule has 8 heteroatoms. The topological polar surface area (TPSA) is 66.7 Å². The number of aliphatic imine (C=N–C) groups is 1. The summed E-state index contributed by atoms with van der Waals surface area (Å²) >= 11 is 0. The molecule has 31 heavy (non-hydrogen) atoms. The Morgan fingerprint density at radius 1 is 1.19 bits per heavy atom. The number of rotatable bonds is 9. The van der Waals surface area contributed by atoms with Crippen molar-refractivity contribution in [1.82, 2.24) is 25.1 Å². The van der Waals surface area contributed by atoms with Gasteiger partial charge in [0.15, 0.2) is 5.96 Å². The van der Waals surface area contributed by atoms with Gasteiger partial charge in [0.25, 0.3) is 0 Å². The van der Waals surface area contributed by atoms with E-state index in [1.54, 1.807) is 0 Å². The third-order valence-electron chi connectivity index (χ3n) is 5.29. The number of nitrogens with one attached hydrogen (secondary N) is 2. The van der Waals surface area contributed by atoms with Crippen LogP contribution in [0.2, 0.25) is 0 Å². The predicted octanol–water partition coefficient (Wildman–Crippen LogP) is 2.81. The maximum absolute atomic E-state index is 13.5. The van der Waals surface area contributed by atoms with Crippen LogP contribution < -0.4 is 10.6 Å². The quantitative estimate of drug-likeness (QED) is 0.473. The van der Waals surface area contributed by atoms with Crippen molar-refractivity contribution >= 4 is 5.96 Å². The van der Waals surface area contributed by atoms with E-state index in [9.17, 15) is 4.39 Å². The summed E-state index contributed by atoms with van der Waals surface area (Å²) in [5.74, 6) is 2.04. The molecule has 1 aromatic carbocycles. The number of aromatic nitrogens is 2. The molecule has 2 N–H and O–H groups in total. The summed E-state index contributed by atoms with van der Waals surface area (Å²) in [4.78, 5) is 11.6. The van der Waals surface area contributed by atoms with Crippen LogP contribution in [0.4, 0.5) is 4.39 Å². The van der Waals surface area contributed by atoms with Crippen LogP contribution in [-0.4, -0.2) is 59.8 Å². The van der Waals surface area contributed by atoms with Gasteiger partial charge in [0.1, 0.15) is 18.2 Å². The lowest BCUT2D eigenvalue weighted by Gasteiger charge is -2.35. The van der Waals surface area contributed by atoms with Gasteiger partial charge >= 0.3 is 0 Å². The average molecular weight is 431 g/mol. The molecule has 3 rings (SSSR count). The summed E-state index contributed by atoms with van der Waals surface area (Å²) in [5.41, 5.74) is 1.08. The van der Waals surface area contributed by atoms with E-state index >= 15 is 0 Å². The number of guanidine groups is 1. The minimum absolute atomic E-state index is 0.108. The Labute approximate surface area is 184 Å².